The molecule has 2 aromatic rings. The number of nitrogens with zero attached hydrogens (tertiary/aromatic N) is 2. The highest BCUT2D eigenvalue weighted by Crippen LogP contribution is 2.40. The molecule has 2 aliphatic rings. The van der Waals surface area contributed by atoms with Crippen molar-refractivity contribution in [2.75, 3.05) is 50.8 Å². The maximum absolute atomic E-state index is 13.3. The molecule has 148 valence electrons. The summed E-state index contributed by atoms with van der Waals surface area (Å²) in [5.74, 6) is 1.38. The van der Waals surface area contributed by atoms with Gasteiger partial charge >= 0.3 is 0 Å². The standard InChI is InChI=1S/C22H26N2O4/c1-26-19-13-16(14-20(27-2)21(19)28-3)22(25)24-11-8-15-12-17(6-7-18(15)24)23-9-4-5-10-23/h6-7,12-14H,4-5,8-11H2,1-3H3. The Hall–Kier alpha value is -2.89. The minimum Gasteiger partial charge on any atom is -0.493 e. The van der Waals surface area contributed by atoms with Crippen molar-refractivity contribution in [3.63, 3.8) is 0 Å². The first kappa shape index (κ1) is 18.5. The van der Waals surface area contributed by atoms with Crippen LogP contribution in [0.3, 0.4) is 0 Å². The van der Waals surface area contributed by atoms with E-state index >= 15 is 0 Å². The second-order valence-electron chi connectivity index (χ2n) is 7.13. The Balaban J connectivity index is 1.64. The summed E-state index contributed by atoms with van der Waals surface area (Å²) in [7, 11) is 4.66. The number of amides is 1. The number of methoxy groups -OCH3 is 3. The highest BCUT2D eigenvalue weighted by Gasteiger charge is 2.28. The highest BCUT2D eigenvalue weighted by molar-refractivity contribution is 6.08. The molecule has 0 aliphatic carbocycles. The average Bonchev–Trinajstić information content (AvgIpc) is 3.41. The number of fused-ring (bicyclic) bond motifs is 1. The predicted octanol–water partition coefficient (Wildman–Crippen LogP) is 3.52. The lowest BCUT2D eigenvalue weighted by Gasteiger charge is -2.21. The van der Waals surface area contributed by atoms with Crippen molar-refractivity contribution in [1.29, 1.82) is 0 Å². The van der Waals surface area contributed by atoms with Crippen LogP contribution in [0.2, 0.25) is 0 Å². The van der Waals surface area contributed by atoms with Gasteiger partial charge in [0.1, 0.15) is 0 Å². The van der Waals surface area contributed by atoms with Gasteiger partial charge in [-0.1, -0.05) is 0 Å². The van der Waals surface area contributed by atoms with E-state index in [1.54, 1.807) is 33.5 Å². The Morgan fingerprint density at radius 3 is 2.18 bits per heavy atom. The van der Waals surface area contributed by atoms with Crippen LogP contribution in [0.25, 0.3) is 0 Å². The van der Waals surface area contributed by atoms with Crippen molar-refractivity contribution < 1.29 is 19.0 Å². The molecular weight excluding hydrogens is 356 g/mol. The fraction of sp³-hybridized carbons (Fsp3) is 0.409. The lowest BCUT2D eigenvalue weighted by atomic mass is 10.1. The van der Waals surface area contributed by atoms with E-state index in [4.69, 9.17) is 14.2 Å². The van der Waals surface area contributed by atoms with Gasteiger partial charge in [-0.3, -0.25) is 4.79 Å². The van der Waals surface area contributed by atoms with Gasteiger partial charge in [-0.25, -0.2) is 0 Å². The Morgan fingerprint density at radius 2 is 1.57 bits per heavy atom. The molecule has 2 aromatic carbocycles. The number of carbonyl (C=O) groups is 1. The van der Waals surface area contributed by atoms with Gasteiger partial charge < -0.3 is 24.0 Å². The van der Waals surface area contributed by atoms with Crippen LogP contribution in [0.15, 0.2) is 30.3 Å². The second-order valence-corrected chi connectivity index (χ2v) is 7.13. The third-order valence-electron chi connectivity index (χ3n) is 5.59. The van der Waals surface area contributed by atoms with E-state index in [0.717, 1.165) is 25.2 Å². The van der Waals surface area contributed by atoms with Crippen LogP contribution in [-0.2, 0) is 6.42 Å². The molecule has 1 fully saturated rings. The molecule has 4 rings (SSSR count). The lowest BCUT2D eigenvalue weighted by molar-refractivity contribution is 0.0988. The SMILES string of the molecule is COc1cc(C(=O)N2CCc3cc(N4CCCC4)ccc32)cc(OC)c1OC. The van der Waals surface area contributed by atoms with Crippen molar-refractivity contribution in [1.82, 2.24) is 0 Å². The maximum atomic E-state index is 13.3. The van der Waals surface area contributed by atoms with E-state index in [0.29, 0.717) is 29.4 Å². The Bertz CT molecular complexity index is 865. The van der Waals surface area contributed by atoms with Crippen LogP contribution in [-0.4, -0.2) is 46.9 Å². The maximum Gasteiger partial charge on any atom is 0.258 e. The third-order valence-corrected chi connectivity index (χ3v) is 5.59. The zero-order valence-electron chi connectivity index (χ0n) is 16.7. The van der Waals surface area contributed by atoms with Crippen LogP contribution < -0.4 is 24.0 Å². The van der Waals surface area contributed by atoms with Gasteiger partial charge in [0.2, 0.25) is 5.75 Å². The minimum absolute atomic E-state index is 0.0630. The van der Waals surface area contributed by atoms with Gasteiger partial charge in [0.05, 0.1) is 21.3 Å². The van der Waals surface area contributed by atoms with E-state index in [2.05, 4.69) is 23.1 Å². The molecule has 0 aromatic heterocycles. The number of anilines is 2. The fourth-order valence-corrected chi connectivity index (χ4v) is 4.13. The summed E-state index contributed by atoms with van der Waals surface area (Å²) < 4.78 is 16.1. The molecular formula is C22H26N2O4. The van der Waals surface area contributed by atoms with Gasteiger partial charge in [-0.05, 0) is 55.2 Å². The largest absolute Gasteiger partial charge is 0.493 e. The Labute approximate surface area is 165 Å². The van der Waals surface area contributed by atoms with Crippen LogP contribution in [0, 0.1) is 0 Å². The summed E-state index contributed by atoms with van der Waals surface area (Å²) in [5, 5.41) is 0. The van der Waals surface area contributed by atoms with Crippen LogP contribution in [0.5, 0.6) is 17.2 Å². The molecule has 1 saturated heterocycles. The summed E-state index contributed by atoms with van der Waals surface area (Å²) in [6.07, 6.45) is 3.37. The predicted molar refractivity (Wildman–Crippen MR) is 109 cm³/mol. The monoisotopic (exact) mass is 382 g/mol. The van der Waals surface area contributed by atoms with Crippen molar-refractivity contribution >= 4 is 17.3 Å². The third kappa shape index (κ3) is 3.13. The van der Waals surface area contributed by atoms with Gasteiger partial charge in [0.25, 0.3) is 5.91 Å². The Kier molecular flexibility index (Phi) is 5.03. The number of hydrogen-bond acceptors (Lipinski definition) is 5. The van der Waals surface area contributed by atoms with Gasteiger partial charge in [0.15, 0.2) is 11.5 Å². The van der Waals surface area contributed by atoms with Crippen molar-refractivity contribution in [3.8, 4) is 17.2 Å². The van der Waals surface area contributed by atoms with Crippen LogP contribution in [0.1, 0.15) is 28.8 Å². The van der Waals surface area contributed by atoms with Crippen molar-refractivity contribution in [2.24, 2.45) is 0 Å². The van der Waals surface area contributed by atoms with Crippen molar-refractivity contribution in [2.45, 2.75) is 19.3 Å². The molecule has 0 bridgehead atoms. The molecule has 6 nitrogen and oxygen atoms in total. The zero-order chi connectivity index (χ0) is 19.7. The molecule has 2 aliphatic heterocycles. The summed E-state index contributed by atoms with van der Waals surface area (Å²) in [4.78, 5) is 17.5. The van der Waals surface area contributed by atoms with Crippen LogP contribution >= 0.6 is 0 Å². The van der Waals surface area contributed by atoms with E-state index < -0.39 is 0 Å². The van der Waals surface area contributed by atoms with Gasteiger partial charge in [0, 0.05) is 36.6 Å². The van der Waals surface area contributed by atoms with E-state index in [-0.39, 0.29) is 5.91 Å². The normalized spacial score (nSPS) is 15.5. The molecule has 0 unspecified atom stereocenters. The molecule has 28 heavy (non-hydrogen) atoms. The average molecular weight is 382 g/mol. The van der Waals surface area contributed by atoms with Gasteiger partial charge in [-0.15, -0.1) is 0 Å². The number of carbonyl (C=O) groups excluding carboxylic acids is 1. The molecule has 0 N–H and O–H groups in total. The van der Waals surface area contributed by atoms with E-state index in [9.17, 15) is 4.79 Å². The minimum atomic E-state index is -0.0630. The Morgan fingerprint density at radius 1 is 0.893 bits per heavy atom. The zero-order valence-corrected chi connectivity index (χ0v) is 16.7. The summed E-state index contributed by atoms with van der Waals surface area (Å²) in [5.41, 5.74) is 4.00. The molecule has 0 radical (unpaired) electrons. The summed E-state index contributed by atoms with van der Waals surface area (Å²) >= 11 is 0. The summed E-state index contributed by atoms with van der Waals surface area (Å²) in [6, 6.07) is 9.86. The van der Waals surface area contributed by atoms with E-state index in [1.165, 1.54) is 24.1 Å². The summed E-state index contributed by atoms with van der Waals surface area (Å²) in [6.45, 7) is 2.91. The number of hydrogen-bond donors (Lipinski definition) is 0. The topological polar surface area (TPSA) is 51.2 Å². The fourth-order valence-electron chi connectivity index (χ4n) is 4.13. The van der Waals surface area contributed by atoms with Crippen molar-refractivity contribution in [3.05, 3.63) is 41.5 Å². The van der Waals surface area contributed by atoms with E-state index in [1.807, 2.05) is 4.90 Å². The van der Waals surface area contributed by atoms with Crippen LogP contribution in [0.4, 0.5) is 11.4 Å². The molecule has 0 atom stereocenters. The smallest absolute Gasteiger partial charge is 0.258 e. The lowest BCUT2D eigenvalue weighted by Crippen LogP contribution is -2.29. The number of ether oxygens (including phenoxy) is 3. The highest BCUT2D eigenvalue weighted by atomic mass is 16.5. The molecule has 0 spiro atoms. The quantitative estimate of drug-likeness (QED) is 0.792. The first-order valence-corrected chi connectivity index (χ1v) is 9.66. The number of rotatable bonds is 5. The molecule has 0 saturated carbocycles. The first-order valence-electron chi connectivity index (χ1n) is 9.66. The molecule has 1 amide bonds. The second kappa shape index (κ2) is 7.62. The molecule has 6 heteroatoms. The first-order chi connectivity index (χ1) is 13.7. The molecule has 2 heterocycles. The van der Waals surface area contributed by atoms with Gasteiger partial charge in [-0.2, -0.15) is 0 Å². The number of benzene rings is 2.